The van der Waals surface area contributed by atoms with Gasteiger partial charge in [0.2, 0.25) is 0 Å². The zero-order chi connectivity index (χ0) is 19.8. The Hall–Kier alpha value is -1.93. The van der Waals surface area contributed by atoms with Gasteiger partial charge in [0.15, 0.2) is 5.78 Å². The lowest BCUT2D eigenvalue weighted by Gasteiger charge is -2.01. The maximum Gasteiger partial charge on any atom is 0.186 e. The monoisotopic (exact) mass is 449 g/mol. The van der Waals surface area contributed by atoms with E-state index in [0.717, 1.165) is 23.2 Å². The van der Waals surface area contributed by atoms with Gasteiger partial charge in [-0.25, -0.2) is 0 Å². The number of nitrogens with zero attached hydrogens (tertiary/aromatic N) is 2. The standard InChI is InChI=1S/C19H13Cl2N3O2S2/c1-2-15-23-24-19(28-15)16-17(25)14(27-18(16)22)8-10-4-6-13(26-10)11-5-3-9(20)7-12(11)21/h3-8,16,22H,2H2,1H3. The lowest BCUT2D eigenvalue weighted by Crippen LogP contribution is -2.11. The first-order valence-corrected chi connectivity index (χ1v) is 10.7. The quantitative estimate of drug-likeness (QED) is 0.487. The minimum absolute atomic E-state index is 0.156. The van der Waals surface area contributed by atoms with Gasteiger partial charge in [-0.2, -0.15) is 0 Å². The highest BCUT2D eigenvalue weighted by Gasteiger charge is 2.39. The van der Waals surface area contributed by atoms with Gasteiger partial charge < -0.3 is 4.42 Å². The third-order valence-corrected chi connectivity index (χ3v) is 6.79. The van der Waals surface area contributed by atoms with E-state index in [1.54, 1.807) is 36.4 Å². The number of aryl methyl sites for hydroxylation is 1. The third-order valence-electron chi connectivity index (χ3n) is 4.12. The highest BCUT2D eigenvalue weighted by atomic mass is 35.5. The molecule has 1 unspecified atom stereocenters. The fourth-order valence-corrected chi connectivity index (χ4v) is 5.17. The molecular weight excluding hydrogens is 437 g/mol. The second kappa shape index (κ2) is 7.83. The molecule has 4 rings (SSSR count). The van der Waals surface area contributed by atoms with Crippen molar-refractivity contribution in [2.45, 2.75) is 19.3 Å². The molecule has 3 heterocycles. The number of furan rings is 1. The largest absolute Gasteiger partial charge is 0.457 e. The van der Waals surface area contributed by atoms with Crippen LogP contribution in [0.25, 0.3) is 17.4 Å². The highest BCUT2D eigenvalue weighted by molar-refractivity contribution is 8.19. The van der Waals surface area contributed by atoms with E-state index in [0.29, 0.717) is 37.0 Å². The van der Waals surface area contributed by atoms with Crippen molar-refractivity contribution < 1.29 is 9.21 Å². The molecule has 9 heteroatoms. The number of allylic oxidation sites excluding steroid dienone is 1. The van der Waals surface area contributed by atoms with Crippen molar-refractivity contribution in [3.63, 3.8) is 0 Å². The topological polar surface area (TPSA) is 79.8 Å². The summed E-state index contributed by atoms with van der Waals surface area (Å²) in [5.41, 5.74) is 0.715. The second-order valence-corrected chi connectivity index (χ2v) is 9.01. The number of benzene rings is 1. The van der Waals surface area contributed by atoms with E-state index in [1.807, 2.05) is 6.92 Å². The first-order valence-electron chi connectivity index (χ1n) is 8.36. The van der Waals surface area contributed by atoms with Crippen molar-refractivity contribution in [3.05, 3.63) is 61.1 Å². The van der Waals surface area contributed by atoms with Crippen molar-refractivity contribution in [1.29, 1.82) is 5.41 Å². The first-order chi connectivity index (χ1) is 13.5. The third kappa shape index (κ3) is 3.67. The van der Waals surface area contributed by atoms with E-state index in [1.165, 1.54) is 11.3 Å². The van der Waals surface area contributed by atoms with Crippen molar-refractivity contribution in [2.24, 2.45) is 0 Å². The number of halogens is 2. The van der Waals surface area contributed by atoms with Crippen LogP contribution in [0.5, 0.6) is 0 Å². The van der Waals surface area contributed by atoms with Crippen LogP contribution in [0.4, 0.5) is 0 Å². The van der Waals surface area contributed by atoms with Crippen LogP contribution in [0.3, 0.4) is 0 Å². The Bertz CT molecular complexity index is 1120. The SMILES string of the molecule is CCc1nnc(C2C(=N)SC(=Cc3ccc(-c4ccc(Cl)cc4Cl)o3)C2=O)s1. The summed E-state index contributed by atoms with van der Waals surface area (Å²) in [5.74, 6) is 0.259. The number of hydrogen-bond acceptors (Lipinski definition) is 7. The summed E-state index contributed by atoms with van der Waals surface area (Å²) in [7, 11) is 0. The number of rotatable bonds is 4. The van der Waals surface area contributed by atoms with Crippen molar-refractivity contribution in [3.8, 4) is 11.3 Å². The van der Waals surface area contributed by atoms with Crippen molar-refractivity contribution in [1.82, 2.24) is 10.2 Å². The van der Waals surface area contributed by atoms with E-state index in [-0.39, 0.29) is 10.8 Å². The molecule has 0 saturated carbocycles. The van der Waals surface area contributed by atoms with Gasteiger partial charge in [0.05, 0.1) is 15.0 Å². The summed E-state index contributed by atoms with van der Waals surface area (Å²) in [5, 5.41) is 19.1. The van der Waals surface area contributed by atoms with E-state index >= 15 is 0 Å². The van der Waals surface area contributed by atoms with E-state index in [2.05, 4.69) is 10.2 Å². The lowest BCUT2D eigenvalue weighted by molar-refractivity contribution is -0.114. The summed E-state index contributed by atoms with van der Waals surface area (Å²) in [4.78, 5) is 13.3. The Morgan fingerprint density at radius 3 is 2.79 bits per heavy atom. The van der Waals surface area contributed by atoms with Crippen molar-refractivity contribution >= 4 is 63.2 Å². The Labute approximate surface area is 179 Å². The molecule has 1 saturated heterocycles. The molecule has 0 aliphatic carbocycles. The fourth-order valence-electron chi connectivity index (χ4n) is 2.73. The molecular formula is C19H13Cl2N3O2S2. The van der Waals surface area contributed by atoms with Gasteiger partial charge in [0.1, 0.15) is 27.5 Å². The lowest BCUT2D eigenvalue weighted by atomic mass is 10.1. The van der Waals surface area contributed by atoms with Crippen LogP contribution in [0, 0.1) is 5.41 Å². The molecule has 1 atom stereocenters. The van der Waals surface area contributed by atoms with Gasteiger partial charge in [-0.05, 0) is 42.8 Å². The van der Waals surface area contributed by atoms with Crippen LogP contribution >= 0.6 is 46.3 Å². The molecule has 142 valence electrons. The molecule has 1 fully saturated rings. The Kier molecular flexibility index (Phi) is 5.42. The van der Waals surface area contributed by atoms with E-state index in [4.69, 9.17) is 33.0 Å². The molecule has 1 N–H and O–H groups in total. The zero-order valence-electron chi connectivity index (χ0n) is 14.5. The maximum absolute atomic E-state index is 12.8. The van der Waals surface area contributed by atoms with Gasteiger partial charge in [-0.15, -0.1) is 21.5 Å². The van der Waals surface area contributed by atoms with Crippen LogP contribution in [0.2, 0.25) is 10.0 Å². The molecule has 28 heavy (non-hydrogen) atoms. The fraction of sp³-hybridized carbons (Fsp3) is 0.158. The second-order valence-electron chi connectivity index (χ2n) is 5.99. The molecule has 0 amide bonds. The van der Waals surface area contributed by atoms with Gasteiger partial charge in [0, 0.05) is 10.6 Å². The van der Waals surface area contributed by atoms with Gasteiger partial charge in [-0.3, -0.25) is 10.2 Å². The zero-order valence-corrected chi connectivity index (χ0v) is 17.7. The summed E-state index contributed by atoms with van der Waals surface area (Å²) in [6.45, 7) is 1.98. The maximum atomic E-state index is 12.8. The van der Waals surface area contributed by atoms with Gasteiger partial charge >= 0.3 is 0 Å². The molecule has 0 spiro atoms. The summed E-state index contributed by atoms with van der Waals surface area (Å²) >= 11 is 14.7. The number of carbonyl (C=O) groups is 1. The molecule has 3 aromatic rings. The molecule has 1 aliphatic heterocycles. The normalized spacial score (nSPS) is 18.4. The van der Waals surface area contributed by atoms with Crippen LogP contribution in [0.1, 0.15) is 28.6 Å². The number of nitrogens with one attached hydrogen (secondary N) is 1. The number of thioether (sulfide) groups is 1. The molecule has 0 bridgehead atoms. The number of carbonyl (C=O) groups excluding carboxylic acids is 1. The van der Waals surface area contributed by atoms with E-state index < -0.39 is 5.92 Å². The highest BCUT2D eigenvalue weighted by Crippen LogP contribution is 2.42. The predicted molar refractivity (Wildman–Crippen MR) is 114 cm³/mol. The van der Waals surface area contributed by atoms with Crippen LogP contribution in [-0.4, -0.2) is 21.0 Å². The van der Waals surface area contributed by atoms with Crippen molar-refractivity contribution in [2.75, 3.05) is 0 Å². The number of Topliss-reactive ketones (excluding diaryl/α,β-unsaturated/α-hetero) is 1. The molecule has 0 radical (unpaired) electrons. The number of hydrogen-bond donors (Lipinski definition) is 1. The summed E-state index contributed by atoms with van der Waals surface area (Å²) in [6.07, 6.45) is 2.40. The van der Waals surface area contributed by atoms with Gasteiger partial charge in [-0.1, -0.05) is 41.9 Å². The average Bonchev–Trinajstić information content (AvgIpc) is 3.36. The smallest absolute Gasteiger partial charge is 0.186 e. The first kappa shape index (κ1) is 19.4. The van der Waals surface area contributed by atoms with Crippen LogP contribution in [0.15, 0.2) is 39.7 Å². The number of aromatic nitrogens is 2. The number of ketones is 1. The molecule has 2 aromatic heterocycles. The minimum Gasteiger partial charge on any atom is -0.457 e. The average molecular weight is 450 g/mol. The van der Waals surface area contributed by atoms with E-state index in [9.17, 15) is 4.79 Å². The van der Waals surface area contributed by atoms with Crippen LogP contribution < -0.4 is 0 Å². The Morgan fingerprint density at radius 2 is 2.07 bits per heavy atom. The van der Waals surface area contributed by atoms with Gasteiger partial charge in [0.25, 0.3) is 0 Å². The minimum atomic E-state index is -0.672. The molecule has 1 aliphatic rings. The molecule has 5 nitrogen and oxygen atoms in total. The Balaban J connectivity index is 1.60. The predicted octanol–water partition coefficient (Wildman–Crippen LogP) is 6.09. The summed E-state index contributed by atoms with van der Waals surface area (Å²) < 4.78 is 5.83. The summed E-state index contributed by atoms with van der Waals surface area (Å²) in [6, 6.07) is 8.71. The molecule has 1 aromatic carbocycles. The van der Waals surface area contributed by atoms with Crippen LogP contribution in [-0.2, 0) is 11.2 Å². The Morgan fingerprint density at radius 1 is 1.25 bits per heavy atom.